The van der Waals surface area contributed by atoms with E-state index in [-0.39, 0.29) is 18.1 Å². The fourth-order valence-electron chi connectivity index (χ4n) is 2.32. The van der Waals surface area contributed by atoms with Crippen LogP contribution in [0.3, 0.4) is 0 Å². The number of benzene rings is 1. The molecule has 2 rings (SSSR count). The van der Waals surface area contributed by atoms with Crippen LogP contribution in [0.4, 0.5) is 0 Å². The van der Waals surface area contributed by atoms with Crippen LogP contribution < -0.4 is 10.6 Å². The third-order valence-electron chi connectivity index (χ3n) is 3.37. The van der Waals surface area contributed by atoms with E-state index in [4.69, 9.17) is 9.47 Å². The van der Waals surface area contributed by atoms with Gasteiger partial charge in [-0.2, -0.15) is 0 Å². The van der Waals surface area contributed by atoms with Crippen LogP contribution in [0.1, 0.15) is 18.1 Å². The summed E-state index contributed by atoms with van der Waals surface area (Å²) in [4.78, 5) is 12.1. The average Bonchev–Trinajstić information content (AvgIpc) is 2.46. The van der Waals surface area contributed by atoms with E-state index in [9.17, 15) is 4.79 Å². The zero-order valence-electron chi connectivity index (χ0n) is 12.0. The second-order valence-electron chi connectivity index (χ2n) is 4.98. The Hall–Kier alpha value is -1.43. The Kier molecular flexibility index (Phi) is 5.52. The third kappa shape index (κ3) is 4.03. The number of carbonyl (C=O) groups is 1. The van der Waals surface area contributed by atoms with Crippen LogP contribution in [0.5, 0.6) is 0 Å². The van der Waals surface area contributed by atoms with Crippen molar-refractivity contribution in [2.75, 3.05) is 20.3 Å². The first-order valence-electron chi connectivity index (χ1n) is 6.90. The summed E-state index contributed by atoms with van der Waals surface area (Å²) >= 11 is 0. The summed E-state index contributed by atoms with van der Waals surface area (Å²) in [5, 5.41) is 6.13. The molecule has 110 valence electrons. The first-order valence-corrected chi connectivity index (χ1v) is 6.90. The van der Waals surface area contributed by atoms with Gasteiger partial charge in [0.1, 0.15) is 6.04 Å². The van der Waals surface area contributed by atoms with Crippen molar-refractivity contribution >= 4 is 5.91 Å². The van der Waals surface area contributed by atoms with Crippen molar-refractivity contribution in [3.8, 4) is 0 Å². The molecule has 2 atom stereocenters. The van der Waals surface area contributed by atoms with Gasteiger partial charge in [-0.15, -0.1) is 0 Å². The van der Waals surface area contributed by atoms with Crippen molar-refractivity contribution in [3.63, 3.8) is 0 Å². The number of morpholine rings is 1. The highest BCUT2D eigenvalue weighted by Gasteiger charge is 2.27. The van der Waals surface area contributed by atoms with Gasteiger partial charge in [-0.25, -0.2) is 0 Å². The molecule has 1 saturated heterocycles. The summed E-state index contributed by atoms with van der Waals surface area (Å²) in [6.45, 7) is 4.38. The minimum atomic E-state index is -0.272. The van der Waals surface area contributed by atoms with E-state index < -0.39 is 0 Å². The maximum absolute atomic E-state index is 12.1. The summed E-state index contributed by atoms with van der Waals surface area (Å²) < 4.78 is 10.6. The molecule has 0 radical (unpaired) electrons. The highest BCUT2D eigenvalue weighted by molar-refractivity contribution is 5.82. The number of hydrogen-bond acceptors (Lipinski definition) is 4. The van der Waals surface area contributed by atoms with Gasteiger partial charge in [-0.1, -0.05) is 24.3 Å². The predicted molar refractivity (Wildman–Crippen MR) is 76.2 cm³/mol. The second kappa shape index (κ2) is 7.38. The Labute approximate surface area is 119 Å². The monoisotopic (exact) mass is 278 g/mol. The van der Waals surface area contributed by atoms with Crippen LogP contribution in [0.15, 0.2) is 24.3 Å². The standard InChI is InChI=1S/C15H22N2O3/c1-11-14(16-6-7-20-11)15(18)17-9-12-4-3-5-13(8-12)10-19-2/h3-5,8,11,14,16H,6-7,9-10H2,1-2H3,(H,17,18)/t11-,14+/m1/s1. The molecule has 0 bridgehead atoms. The smallest absolute Gasteiger partial charge is 0.240 e. The van der Waals surface area contributed by atoms with Gasteiger partial charge >= 0.3 is 0 Å². The van der Waals surface area contributed by atoms with Crippen LogP contribution in [0.25, 0.3) is 0 Å². The molecule has 1 fully saturated rings. The van der Waals surface area contributed by atoms with Crippen molar-refractivity contribution in [2.24, 2.45) is 0 Å². The van der Waals surface area contributed by atoms with Gasteiger partial charge in [0, 0.05) is 20.2 Å². The highest BCUT2D eigenvalue weighted by Crippen LogP contribution is 2.08. The van der Waals surface area contributed by atoms with E-state index in [2.05, 4.69) is 10.6 Å². The molecular formula is C15H22N2O3. The molecule has 2 N–H and O–H groups in total. The van der Waals surface area contributed by atoms with Crippen molar-refractivity contribution in [1.29, 1.82) is 0 Å². The molecule has 1 aliphatic heterocycles. The van der Waals surface area contributed by atoms with Crippen LogP contribution >= 0.6 is 0 Å². The first kappa shape index (κ1) is 15.0. The Balaban J connectivity index is 1.87. The van der Waals surface area contributed by atoms with E-state index in [0.717, 1.165) is 11.1 Å². The molecule has 20 heavy (non-hydrogen) atoms. The maximum Gasteiger partial charge on any atom is 0.240 e. The lowest BCUT2D eigenvalue weighted by Gasteiger charge is -2.29. The Morgan fingerprint density at radius 2 is 2.30 bits per heavy atom. The zero-order chi connectivity index (χ0) is 14.4. The van der Waals surface area contributed by atoms with Crippen molar-refractivity contribution in [2.45, 2.75) is 32.2 Å². The number of ether oxygens (including phenoxy) is 2. The largest absolute Gasteiger partial charge is 0.380 e. The zero-order valence-corrected chi connectivity index (χ0v) is 12.0. The number of carbonyl (C=O) groups excluding carboxylic acids is 1. The van der Waals surface area contributed by atoms with Gasteiger partial charge in [0.2, 0.25) is 5.91 Å². The molecule has 1 aromatic rings. The molecule has 1 amide bonds. The Morgan fingerprint density at radius 1 is 1.50 bits per heavy atom. The summed E-state index contributed by atoms with van der Waals surface area (Å²) in [5.41, 5.74) is 2.17. The maximum atomic E-state index is 12.1. The highest BCUT2D eigenvalue weighted by atomic mass is 16.5. The van der Waals surface area contributed by atoms with Gasteiger partial charge in [-0.3, -0.25) is 4.79 Å². The first-order chi connectivity index (χ1) is 9.70. The van der Waals surface area contributed by atoms with Gasteiger partial charge in [-0.05, 0) is 18.1 Å². The van der Waals surface area contributed by atoms with E-state index in [1.165, 1.54) is 0 Å². The molecule has 5 nitrogen and oxygen atoms in total. The molecule has 0 aromatic heterocycles. The molecule has 1 aromatic carbocycles. The van der Waals surface area contributed by atoms with Crippen LogP contribution in [-0.4, -0.2) is 38.3 Å². The van der Waals surface area contributed by atoms with Gasteiger partial charge < -0.3 is 20.1 Å². The Morgan fingerprint density at radius 3 is 3.05 bits per heavy atom. The number of nitrogens with one attached hydrogen (secondary N) is 2. The van der Waals surface area contributed by atoms with Gasteiger partial charge in [0.05, 0.1) is 19.3 Å². The molecular weight excluding hydrogens is 256 g/mol. The quantitative estimate of drug-likeness (QED) is 0.837. The molecule has 0 unspecified atom stereocenters. The lowest BCUT2D eigenvalue weighted by molar-refractivity contribution is -0.129. The summed E-state index contributed by atoms with van der Waals surface area (Å²) in [6, 6.07) is 7.74. The molecule has 0 saturated carbocycles. The number of amides is 1. The number of methoxy groups -OCH3 is 1. The van der Waals surface area contributed by atoms with E-state index in [1.807, 2.05) is 31.2 Å². The second-order valence-corrected chi connectivity index (χ2v) is 4.98. The molecule has 5 heteroatoms. The molecule has 1 heterocycles. The molecule has 0 aliphatic carbocycles. The van der Waals surface area contributed by atoms with E-state index in [0.29, 0.717) is 26.3 Å². The number of rotatable bonds is 5. The minimum Gasteiger partial charge on any atom is -0.380 e. The molecule has 1 aliphatic rings. The predicted octanol–water partition coefficient (Wildman–Crippen LogP) is 0.826. The minimum absolute atomic E-state index is 0.0191. The fraction of sp³-hybridized carbons (Fsp3) is 0.533. The Bertz CT molecular complexity index is 450. The summed E-state index contributed by atoms with van der Waals surface area (Å²) in [7, 11) is 1.67. The van der Waals surface area contributed by atoms with Gasteiger partial charge in [0.25, 0.3) is 0 Å². The van der Waals surface area contributed by atoms with Crippen molar-refractivity contribution in [3.05, 3.63) is 35.4 Å². The summed E-state index contributed by atoms with van der Waals surface area (Å²) in [5.74, 6) is -0.0191. The SMILES string of the molecule is COCc1cccc(CNC(=O)[C@H]2NCCO[C@@H]2C)c1. The van der Waals surface area contributed by atoms with Crippen LogP contribution in [0.2, 0.25) is 0 Å². The average molecular weight is 278 g/mol. The van der Waals surface area contributed by atoms with Crippen molar-refractivity contribution < 1.29 is 14.3 Å². The van der Waals surface area contributed by atoms with E-state index in [1.54, 1.807) is 7.11 Å². The molecule has 0 spiro atoms. The topological polar surface area (TPSA) is 59.6 Å². The van der Waals surface area contributed by atoms with Crippen LogP contribution in [-0.2, 0) is 27.4 Å². The van der Waals surface area contributed by atoms with Crippen molar-refractivity contribution in [1.82, 2.24) is 10.6 Å². The fourth-order valence-corrected chi connectivity index (χ4v) is 2.32. The van der Waals surface area contributed by atoms with E-state index >= 15 is 0 Å². The lowest BCUT2D eigenvalue weighted by atomic mass is 10.1. The lowest BCUT2D eigenvalue weighted by Crippen LogP contribution is -2.55. The normalized spacial score (nSPS) is 22.5. The summed E-state index contributed by atoms with van der Waals surface area (Å²) in [6.07, 6.45) is -0.0939. The van der Waals surface area contributed by atoms with Gasteiger partial charge in [0.15, 0.2) is 0 Å². The van der Waals surface area contributed by atoms with Crippen LogP contribution in [0, 0.1) is 0 Å². The third-order valence-corrected chi connectivity index (χ3v) is 3.37. The number of hydrogen-bond donors (Lipinski definition) is 2.